The summed E-state index contributed by atoms with van der Waals surface area (Å²) in [4.78, 5) is 3.71. The van der Waals surface area contributed by atoms with Gasteiger partial charge in [0.1, 0.15) is 0 Å². The molecule has 8 heavy (non-hydrogen) atoms. The monoisotopic (exact) mass is 109 g/mol. The van der Waals surface area contributed by atoms with Gasteiger partial charge in [0.25, 0.3) is 0 Å². The molecule has 0 atom stereocenters. The molecule has 42 valence electrons. The molecule has 0 radical (unpaired) electrons. The van der Waals surface area contributed by atoms with E-state index in [9.17, 15) is 0 Å². The Labute approximate surface area is 52.2 Å². The average Bonchev–Trinajstić information content (AvgIpc) is 1.84. The van der Waals surface area contributed by atoms with Gasteiger partial charge in [-0.2, -0.15) is 0 Å². The van der Waals surface area contributed by atoms with E-state index in [0.717, 1.165) is 11.1 Å². The van der Waals surface area contributed by atoms with Crippen LogP contribution in [0.2, 0.25) is 0 Å². The Morgan fingerprint density at radius 2 is 1.88 bits per heavy atom. The standard InChI is InChI=1S/C7H9N/c1-6-3-7(2)5-8-4-6/h3-5H,1-2H3/i4D,5D. The first-order valence-electron chi connectivity index (χ1n) is 3.52. The van der Waals surface area contributed by atoms with Crippen LogP contribution in [0.4, 0.5) is 0 Å². The second-order valence-corrected chi connectivity index (χ2v) is 1.85. The number of nitrogens with zero attached hydrogens (tertiary/aromatic N) is 1. The van der Waals surface area contributed by atoms with Crippen molar-refractivity contribution in [2.24, 2.45) is 0 Å². The molecule has 1 aromatic heterocycles. The summed E-state index contributed by atoms with van der Waals surface area (Å²) in [7, 11) is 0. The van der Waals surface area contributed by atoms with Crippen LogP contribution in [0.15, 0.2) is 18.4 Å². The summed E-state index contributed by atoms with van der Waals surface area (Å²) in [5.41, 5.74) is 1.65. The van der Waals surface area contributed by atoms with E-state index in [1.165, 1.54) is 0 Å². The van der Waals surface area contributed by atoms with E-state index in [1.807, 2.05) is 13.8 Å². The van der Waals surface area contributed by atoms with Crippen LogP contribution in [0.5, 0.6) is 0 Å². The molecule has 0 spiro atoms. The Kier molecular flexibility index (Phi) is 0.787. The summed E-state index contributed by atoms with van der Waals surface area (Å²) in [6, 6.07) is 1.80. The lowest BCUT2D eigenvalue weighted by atomic mass is 10.2. The molecule has 1 aromatic rings. The number of aryl methyl sites for hydroxylation is 2. The van der Waals surface area contributed by atoms with Crippen LogP contribution in [-0.2, 0) is 0 Å². The Morgan fingerprint density at radius 1 is 1.38 bits per heavy atom. The first-order valence-corrected chi connectivity index (χ1v) is 2.52. The highest BCUT2D eigenvalue weighted by atomic mass is 14.6. The van der Waals surface area contributed by atoms with Crippen LogP contribution >= 0.6 is 0 Å². The van der Waals surface area contributed by atoms with Crippen molar-refractivity contribution in [3.8, 4) is 0 Å². The maximum atomic E-state index is 7.23. The van der Waals surface area contributed by atoms with Gasteiger partial charge >= 0.3 is 0 Å². The summed E-state index contributed by atoms with van der Waals surface area (Å²) in [5, 5.41) is 0. The minimum atomic E-state index is 0.204. The zero-order chi connectivity index (χ0) is 7.72. The summed E-state index contributed by atoms with van der Waals surface area (Å²) >= 11 is 0. The molecule has 0 bridgehead atoms. The number of hydrogen-bond acceptors (Lipinski definition) is 1. The van der Waals surface area contributed by atoms with Crippen molar-refractivity contribution >= 4 is 0 Å². The summed E-state index contributed by atoms with van der Waals surface area (Å²) in [6.45, 7) is 3.64. The minimum Gasteiger partial charge on any atom is -0.264 e. The Bertz CT molecular complexity index is 208. The predicted molar refractivity (Wildman–Crippen MR) is 33.7 cm³/mol. The molecule has 1 rings (SSSR count). The Hall–Kier alpha value is -0.850. The van der Waals surface area contributed by atoms with Gasteiger partial charge in [-0.15, -0.1) is 0 Å². The molecule has 0 N–H and O–H groups in total. The highest BCUT2D eigenvalue weighted by molar-refractivity contribution is 5.14. The van der Waals surface area contributed by atoms with Crippen molar-refractivity contribution in [2.45, 2.75) is 13.8 Å². The normalized spacial score (nSPS) is 12.8. The highest BCUT2D eigenvalue weighted by Crippen LogP contribution is 1.96. The van der Waals surface area contributed by atoms with E-state index in [1.54, 1.807) is 6.07 Å². The second-order valence-electron chi connectivity index (χ2n) is 1.85. The van der Waals surface area contributed by atoms with Crippen LogP contribution in [0, 0.1) is 13.8 Å². The molecular formula is C7H9N. The van der Waals surface area contributed by atoms with Crippen molar-refractivity contribution in [1.82, 2.24) is 4.98 Å². The van der Waals surface area contributed by atoms with Gasteiger partial charge in [0.15, 0.2) is 0 Å². The quantitative estimate of drug-likeness (QED) is 0.494. The third kappa shape index (κ3) is 1.06. The zero-order valence-electron chi connectivity index (χ0n) is 7.02. The Balaban J connectivity index is 3.28. The van der Waals surface area contributed by atoms with Gasteiger partial charge in [-0.05, 0) is 25.0 Å². The number of rotatable bonds is 0. The molecule has 0 unspecified atom stereocenters. The molecule has 1 heteroatoms. The first kappa shape index (κ1) is 3.23. The molecule has 1 heterocycles. The number of hydrogen-bond donors (Lipinski definition) is 0. The van der Waals surface area contributed by atoms with Gasteiger partial charge in [0.2, 0.25) is 0 Å². The largest absolute Gasteiger partial charge is 0.264 e. The van der Waals surface area contributed by atoms with Gasteiger partial charge in [-0.25, -0.2) is 0 Å². The van der Waals surface area contributed by atoms with E-state index >= 15 is 0 Å². The van der Waals surface area contributed by atoms with Crippen LogP contribution in [-0.4, -0.2) is 4.98 Å². The van der Waals surface area contributed by atoms with Gasteiger partial charge < -0.3 is 0 Å². The first-order chi connectivity index (χ1) is 4.61. The Morgan fingerprint density at radius 3 is 2.25 bits per heavy atom. The molecular weight excluding hydrogens is 98.1 g/mol. The molecule has 0 saturated carbocycles. The smallest absolute Gasteiger partial charge is 0.0843 e. The lowest BCUT2D eigenvalue weighted by Crippen LogP contribution is -1.76. The molecule has 0 amide bonds. The van der Waals surface area contributed by atoms with Gasteiger partial charge in [0, 0.05) is 12.3 Å². The molecule has 0 aliphatic carbocycles. The van der Waals surface area contributed by atoms with Crippen LogP contribution < -0.4 is 0 Å². The second kappa shape index (κ2) is 1.95. The van der Waals surface area contributed by atoms with E-state index in [-0.39, 0.29) is 12.3 Å². The topological polar surface area (TPSA) is 12.9 Å². The van der Waals surface area contributed by atoms with Gasteiger partial charge in [-0.3, -0.25) is 4.98 Å². The summed E-state index contributed by atoms with van der Waals surface area (Å²) < 4.78 is 14.5. The molecule has 1 nitrogen and oxygen atoms in total. The van der Waals surface area contributed by atoms with Gasteiger partial charge in [-0.1, -0.05) is 6.07 Å². The molecule has 0 aliphatic rings. The molecule has 0 aromatic carbocycles. The van der Waals surface area contributed by atoms with Gasteiger partial charge in [0.05, 0.1) is 2.74 Å². The van der Waals surface area contributed by atoms with Crippen LogP contribution in [0.1, 0.15) is 13.9 Å². The minimum absolute atomic E-state index is 0.204. The fourth-order valence-electron chi connectivity index (χ4n) is 0.594. The van der Waals surface area contributed by atoms with E-state index in [4.69, 9.17) is 2.74 Å². The summed E-state index contributed by atoms with van der Waals surface area (Å²) in [5.74, 6) is 0. The van der Waals surface area contributed by atoms with E-state index in [2.05, 4.69) is 4.98 Å². The predicted octanol–water partition coefficient (Wildman–Crippen LogP) is 1.70. The average molecular weight is 109 g/mol. The third-order valence-corrected chi connectivity index (χ3v) is 0.898. The van der Waals surface area contributed by atoms with Crippen molar-refractivity contribution < 1.29 is 2.74 Å². The zero-order valence-corrected chi connectivity index (χ0v) is 5.02. The maximum absolute atomic E-state index is 7.23. The third-order valence-electron chi connectivity index (χ3n) is 0.898. The lowest BCUT2D eigenvalue weighted by molar-refractivity contribution is 1.22. The van der Waals surface area contributed by atoms with Crippen molar-refractivity contribution in [1.29, 1.82) is 0 Å². The number of aromatic nitrogens is 1. The van der Waals surface area contributed by atoms with Crippen molar-refractivity contribution in [2.75, 3.05) is 0 Å². The highest BCUT2D eigenvalue weighted by Gasteiger charge is 1.81. The molecule has 0 aliphatic heterocycles. The van der Waals surface area contributed by atoms with E-state index in [0.29, 0.717) is 0 Å². The summed E-state index contributed by atoms with van der Waals surface area (Å²) in [6.07, 6.45) is 0.409. The van der Waals surface area contributed by atoms with Crippen LogP contribution in [0.3, 0.4) is 0 Å². The van der Waals surface area contributed by atoms with E-state index < -0.39 is 0 Å². The molecule has 0 saturated heterocycles. The van der Waals surface area contributed by atoms with Crippen molar-refractivity contribution in [3.63, 3.8) is 0 Å². The fourth-order valence-corrected chi connectivity index (χ4v) is 0.594. The van der Waals surface area contributed by atoms with Crippen molar-refractivity contribution in [3.05, 3.63) is 29.5 Å². The fraction of sp³-hybridized carbons (Fsp3) is 0.286. The SMILES string of the molecule is [2H]c1nc([2H])c(C)cc1C. The number of pyridine rings is 1. The van der Waals surface area contributed by atoms with Crippen LogP contribution in [0.25, 0.3) is 0 Å². The maximum Gasteiger partial charge on any atom is 0.0843 e. The molecule has 0 fully saturated rings. The lowest BCUT2D eigenvalue weighted by Gasteiger charge is -1.89.